The van der Waals surface area contributed by atoms with Crippen LogP contribution in [-0.2, 0) is 6.54 Å². The van der Waals surface area contributed by atoms with Gasteiger partial charge >= 0.3 is 0 Å². The highest BCUT2D eigenvalue weighted by Crippen LogP contribution is 2.18. The van der Waals surface area contributed by atoms with Gasteiger partial charge in [-0.05, 0) is 39.7 Å². The Morgan fingerprint density at radius 2 is 1.90 bits per heavy atom. The van der Waals surface area contributed by atoms with E-state index in [0.29, 0.717) is 21.6 Å². The summed E-state index contributed by atoms with van der Waals surface area (Å²) < 4.78 is 13.4. The molecular weight excluding hydrogens is 355 g/mol. The number of nitrogens with two attached hydrogens (primary N) is 1. The van der Waals surface area contributed by atoms with Crippen molar-refractivity contribution in [3.8, 4) is 0 Å². The van der Waals surface area contributed by atoms with Gasteiger partial charge in [0.1, 0.15) is 10.8 Å². The van der Waals surface area contributed by atoms with Crippen molar-refractivity contribution in [3.63, 3.8) is 0 Å². The summed E-state index contributed by atoms with van der Waals surface area (Å²) in [5.74, 6) is -0.674. The van der Waals surface area contributed by atoms with Gasteiger partial charge in [0.25, 0.3) is 5.91 Å². The Kier molecular flexibility index (Phi) is 5.03. The molecule has 0 bridgehead atoms. The van der Waals surface area contributed by atoms with Crippen LogP contribution in [0.1, 0.15) is 21.5 Å². The molecule has 0 unspecified atom stereocenters. The molecule has 0 saturated heterocycles. The fourth-order valence-corrected chi connectivity index (χ4v) is 2.41. The molecule has 6 heteroatoms. The van der Waals surface area contributed by atoms with Gasteiger partial charge in [0.15, 0.2) is 0 Å². The maximum atomic E-state index is 13.0. The molecule has 21 heavy (non-hydrogen) atoms. The van der Waals surface area contributed by atoms with E-state index in [1.165, 1.54) is 18.2 Å². The lowest BCUT2D eigenvalue weighted by molar-refractivity contribution is 0.0950. The lowest BCUT2D eigenvalue weighted by atomic mass is 10.1. The normalized spacial score (nSPS) is 10.2. The minimum absolute atomic E-state index is 0.278. The Labute approximate surface area is 135 Å². The van der Waals surface area contributed by atoms with Crippen molar-refractivity contribution in [1.29, 1.82) is 0 Å². The number of rotatable bonds is 4. The molecule has 0 aliphatic heterocycles. The summed E-state index contributed by atoms with van der Waals surface area (Å²) in [6, 6.07) is 11.2. The molecule has 2 aromatic carbocycles. The highest BCUT2D eigenvalue weighted by atomic mass is 79.9. The fraction of sp³-hybridized carbons (Fsp3) is 0.0667. The molecule has 0 aromatic heterocycles. The van der Waals surface area contributed by atoms with Crippen molar-refractivity contribution in [2.24, 2.45) is 5.73 Å². The van der Waals surface area contributed by atoms with E-state index in [1.54, 1.807) is 12.1 Å². The van der Waals surface area contributed by atoms with Gasteiger partial charge in [-0.3, -0.25) is 4.79 Å². The summed E-state index contributed by atoms with van der Waals surface area (Å²) in [4.78, 5) is 12.4. The molecule has 0 aliphatic rings. The first kappa shape index (κ1) is 15.6. The largest absolute Gasteiger partial charge is 0.389 e. The number of hydrogen-bond donors (Lipinski definition) is 2. The molecule has 0 fully saturated rings. The number of benzene rings is 2. The van der Waals surface area contributed by atoms with Crippen molar-refractivity contribution in [3.05, 3.63) is 69.4 Å². The first-order valence-electron chi connectivity index (χ1n) is 6.09. The van der Waals surface area contributed by atoms with Gasteiger partial charge in [0.2, 0.25) is 0 Å². The summed E-state index contributed by atoms with van der Waals surface area (Å²) >= 11 is 8.04. The average molecular weight is 367 g/mol. The minimum Gasteiger partial charge on any atom is -0.389 e. The molecule has 0 saturated carbocycles. The lowest BCUT2D eigenvalue weighted by Crippen LogP contribution is -2.23. The molecule has 0 heterocycles. The summed E-state index contributed by atoms with van der Waals surface area (Å²) in [6.45, 7) is 0.361. The molecular formula is C15H12BrFN2OS. The number of carbonyl (C=O) groups is 1. The standard InChI is InChI=1S/C15H12BrFN2OS/c16-13-7-11(17)5-6-12(13)15(20)19-8-9-1-3-10(4-2-9)14(18)21/h1-7H,8H2,(H2,18,21)(H,19,20). The molecule has 2 aromatic rings. The topological polar surface area (TPSA) is 55.1 Å². The molecule has 1 amide bonds. The highest BCUT2D eigenvalue weighted by molar-refractivity contribution is 9.10. The van der Waals surface area contributed by atoms with Crippen LogP contribution in [0.2, 0.25) is 0 Å². The predicted molar refractivity (Wildman–Crippen MR) is 87.6 cm³/mol. The minimum atomic E-state index is -0.397. The van der Waals surface area contributed by atoms with E-state index in [9.17, 15) is 9.18 Å². The van der Waals surface area contributed by atoms with E-state index in [-0.39, 0.29) is 5.91 Å². The second kappa shape index (κ2) is 6.78. The van der Waals surface area contributed by atoms with E-state index in [4.69, 9.17) is 18.0 Å². The first-order chi connectivity index (χ1) is 9.97. The van der Waals surface area contributed by atoms with E-state index >= 15 is 0 Å². The second-order valence-corrected chi connectivity index (χ2v) is 5.66. The number of hydrogen-bond acceptors (Lipinski definition) is 2. The molecule has 0 spiro atoms. The highest BCUT2D eigenvalue weighted by Gasteiger charge is 2.10. The van der Waals surface area contributed by atoms with Crippen molar-refractivity contribution in [2.75, 3.05) is 0 Å². The van der Waals surface area contributed by atoms with Gasteiger partial charge in [0, 0.05) is 16.6 Å². The Morgan fingerprint density at radius 3 is 2.48 bits per heavy atom. The SMILES string of the molecule is NC(=S)c1ccc(CNC(=O)c2ccc(F)cc2Br)cc1. The molecule has 3 N–H and O–H groups in total. The van der Waals surface area contributed by atoms with Crippen LogP contribution in [0.25, 0.3) is 0 Å². The quantitative estimate of drug-likeness (QED) is 0.817. The Morgan fingerprint density at radius 1 is 1.24 bits per heavy atom. The summed E-state index contributed by atoms with van der Waals surface area (Å²) in [6.07, 6.45) is 0. The number of nitrogens with one attached hydrogen (secondary N) is 1. The van der Waals surface area contributed by atoms with Crippen LogP contribution in [0.4, 0.5) is 4.39 Å². The van der Waals surface area contributed by atoms with Gasteiger partial charge in [-0.15, -0.1) is 0 Å². The zero-order chi connectivity index (χ0) is 15.4. The summed E-state index contributed by atoms with van der Waals surface area (Å²) in [5.41, 5.74) is 7.60. The van der Waals surface area contributed by atoms with E-state index in [2.05, 4.69) is 21.2 Å². The van der Waals surface area contributed by atoms with Gasteiger partial charge in [-0.1, -0.05) is 36.5 Å². The lowest BCUT2D eigenvalue weighted by Gasteiger charge is -2.08. The first-order valence-corrected chi connectivity index (χ1v) is 7.29. The van der Waals surface area contributed by atoms with E-state index in [0.717, 1.165) is 11.1 Å². The molecule has 3 nitrogen and oxygen atoms in total. The predicted octanol–water partition coefficient (Wildman–Crippen LogP) is 3.15. The van der Waals surface area contributed by atoms with Gasteiger partial charge in [-0.2, -0.15) is 0 Å². The Balaban J connectivity index is 2.02. The van der Waals surface area contributed by atoms with Gasteiger partial charge in [0.05, 0.1) is 5.56 Å². The molecule has 2 rings (SSSR count). The smallest absolute Gasteiger partial charge is 0.252 e. The third kappa shape index (κ3) is 4.09. The van der Waals surface area contributed by atoms with Crippen LogP contribution in [0.5, 0.6) is 0 Å². The van der Waals surface area contributed by atoms with Crippen LogP contribution >= 0.6 is 28.1 Å². The zero-order valence-electron chi connectivity index (χ0n) is 10.9. The van der Waals surface area contributed by atoms with Gasteiger partial charge < -0.3 is 11.1 Å². The monoisotopic (exact) mass is 366 g/mol. The van der Waals surface area contributed by atoms with Crippen LogP contribution in [0.3, 0.4) is 0 Å². The maximum absolute atomic E-state index is 13.0. The zero-order valence-corrected chi connectivity index (χ0v) is 13.3. The van der Waals surface area contributed by atoms with E-state index in [1.807, 2.05) is 12.1 Å². The third-order valence-corrected chi connectivity index (χ3v) is 3.76. The second-order valence-electron chi connectivity index (χ2n) is 4.37. The average Bonchev–Trinajstić information content (AvgIpc) is 2.45. The van der Waals surface area contributed by atoms with Crippen LogP contribution in [0, 0.1) is 5.82 Å². The third-order valence-electron chi connectivity index (χ3n) is 2.87. The summed E-state index contributed by atoms with van der Waals surface area (Å²) in [7, 11) is 0. The van der Waals surface area contributed by atoms with Crippen LogP contribution in [-0.4, -0.2) is 10.9 Å². The van der Waals surface area contributed by atoms with E-state index < -0.39 is 5.82 Å². The molecule has 0 atom stereocenters. The number of carbonyl (C=O) groups excluding carboxylic acids is 1. The van der Waals surface area contributed by atoms with Gasteiger partial charge in [-0.25, -0.2) is 4.39 Å². The van der Waals surface area contributed by atoms with Crippen LogP contribution < -0.4 is 11.1 Å². The molecule has 0 aliphatic carbocycles. The van der Waals surface area contributed by atoms with Crippen molar-refractivity contribution >= 4 is 39.0 Å². The van der Waals surface area contributed by atoms with Crippen molar-refractivity contribution < 1.29 is 9.18 Å². The maximum Gasteiger partial charge on any atom is 0.252 e. The number of thiocarbonyl (C=S) groups is 1. The van der Waals surface area contributed by atoms with Crippen LogP contribution in [0.15, 0.2) is 46.9 Å². The number of halogens is 2. The molecule has 0 radical (unpaired) electrons. The van der Waals surface area contributed by atoms with Crippen molar-refractivity contribution in [1.82, 2.24) is 5.32 Å². The Bertz CT molecular complexity index is 689. The summed E-state index contributed by atoms with van der Waals surface area (Å²) in [5, 5.41) is 2.77. The number of amides is 1. The van der Waals surface area contributed by atoms with Crippen molar-refractivity contribution in [2.45, 2.75) is 6.54 Å². The fourth-order valence-electron chi connectivity index (χ4n) is 1.74. The Hall–Kier alpha value is -1.79. The molecule has 108 valence electrons.